The average molecular weight is 284 g/mol. The summed E-state index contributed by atoms with van der Waals surface area (Å²) in [6.07, 6.45) is 3.28. The number of hydrogen-bond acceptors (Lipinski definition) is 4. The fraction of sp³-hybridized carbons (Fsp3) is 0.133. The average Bonchev–Trinajstić information content (AvgIpc) is 2.95. The molecule has 0 bridgehead atoms. The lowest BCUT2D eigenvalue weighted by atomic mass is 10.1. The summed E-state index contributed by atoms with van der Waals surface area (Å²) in [6.45, 7) is 1.45. The molecule has 0 aliphatic carbocycles. The minimum absolute atomic E-state index is 0.244. The number of pyridine rings is 1. The van der Waals surface area contributed by atoms with E-state index in [1.54, 1.807) is 43.6 Å². The van der Waals surface area contributed by atoms with Crippen molar-refractivity contribution in [2.75, 3.05) is 0 Å². The van der Waals surface area contributed by atoms with Crippen molar-refractivity contribution in [3.8, 4) is 16.9 Å². The molecule has 0 amide bonds. The summed E-state index contributed by atoms with van der Waals surface area (Å²) in [7, 11) is 0. The molecule has 0 spiro atoms. The number of nitrogens with zero attached hydrogens (tertiary/aromatic N) is 4. The first kappa shape index (κ1) is 13.4. The third-order valence-corrected chi connectivity index (χ3v) is 3.24. The molecule has 0 atom stereocenters. The normalized spacial score (nSPS) is 10.8. The van der Waals surface area contributed by atoms with Crippen LogP contribution in [0.4, 0.5) is 4.39 Å². The molecular formula is C15H13FN4O. The lowest BCUT2D eigenvalue weighted by Crippen LogP contribution is -2.01. The van der Waals surface area contributed by atoms with Crippen LogP contribution >= 0.6 is 0 Å². The maximum Gasteiger partial charge on any atom is 0.128 e. The molecule has 2 heterocycles. The van der Waals surface area contributed by atoms with Gasteiger partial charge in [0.1, 0.15) is 17.2 Å². The number of hydrogen-bond donors (Lipinski definition) is 1. The molecule has 0 fully saturated rings. The first-order valence-electron chi connectivity index (χ1n) is 6.43. The first-order valence-corrected chi connectivity index (χ1v) is 6.43. The van der Waals surface area contributed by atoms with Crippen LogP contribution in [-0.2, 0) is 6.61 Å². The summed E-state index contributed by atoms with van der Waals surface area (Å²) in [5.41, 5.74) is 2.98. The molecule has 6 heteroatoms. The molecule has 0 radical (unpaired) electrons. The van der Waals surface area contributed by atoms with Gasteiger partial charge >= 0.3 is 0 Å². The Morgan fingerprint density at radius 2 is 1.95 bits per heavy atom. The van der Waals surface area contributed by atoms with Crippen molar-refractivity contribution in [1.29, 1.82) is 0 Å². The van der Waals surface area contributed by atoms with E-state index in [2.05, 4.69) is 15.3 Å². The van der Waals surface area contributed by atoms with Crippen LogP contribution in [0.25, 0.3) is 16.9 Å². The van der Waals surface area contributed by atoms with Gasteiger partial charge in [0.25, 0.3) is 0 Å². The van der Waals surface area contributed by atoms with Crippen molar-refractivity contribution in [1.82, 2.24) is 20.0 Å². The van der Waals surface area contributed by atoms with Crippen molar-refractivity contribution in [3.05, 3.63) is 59.8 Å². The molecule has 3 aromatic rings. The molecule has 0 saturated heterocycles. The second-order valence-electron chi connectivity index (χ2n) is 4.62. The molecule has 0 aliphatic rings. The quantitative estimate of drug-likeness (QED) is 0.801. The SMILES string of the molecule is Cc1ccc(-n2nnc(CO)c2-c2ccncc2)cc1F. The molecule has 0 unspecified atom stereocenters. The standard InChI is InChI=1S/C15H13FN4O/c1-10-2-3-12(8-13(10)16)20-15(14(9-21)18-19-20)11-4-6-17-7-5-11/h2-8,21H,9H2,1H3. The highest BCUT2D eigenvalue weighted by Crippen LogP contribution is 2.25. The van der Waals surface area contributed by atoms with Crippen LogP contribution < -0.4 is 0 Å². The molecule has 1 aromatic carbocycles. The van der Waals surface area contributed by atoms with Crippen LogP contribution in [-0.4, -0.2) is 25.1 Å². The van der Waals surface area contributed by atoms with Crippen LogP contribution in [0.1, 0.15) is 11.3 Å². The summed E-state index contributed by atoms with van der Waals surface area (Å²) in [5.74, 6) is -0.311. The van der Waals surface area contributed by atoms with Crippen molar-refractivity contribution in [3.63, 3.8) is 0 Å². The fourth-order valence-electron chi connectivity index (χ4n) is 2.11. The van der Waals surface area contributed by atoms with Crippen molar-refractivity contribution >= 4 is 0 Å². The van der Waals surface area contributed by atoms with E-state index < -0.39 is 0 Å². The first-order chi connectivity index (χ1) is 10.2. The second-order valence-corrected chi connectivity index (χ2v) is 4.62. The zero-order valence-electron chi connectivity index (χ0n) is 11.4. The largest absolute Gasteiger partial charge is 0.390 e. The van der Waals surface area contributed by atoms with Gasteiger partial charge in [0.05, 0.1) is 12.3 Å². The number of aliphatic hydroxyl groups is 1. The topological polar surface area (TPSA) is 63.8 Å². The predicted octanol–water partition coefficient (Wildman–Crippen LogP) is 2.27. The minimum Gasteiger partial charge on any atom is -0.390 e. The van der Waals surface area contributed by atoms with E-state index in [-0.39, 0.29) is 12.4 Å². The lowest BCUT2D eigenvalue weighted by Gasteiger charge is -2.08. The summed E-state index contributed by atoms with van der Waals surface area (Å²) in [4.78, 5) is 3.97. The van der Waals surface area contributed by atoms with E-state index in [1.807, 2.05) is 0 Å². The molecule has 106 valence electrons. The molecule has 21 heavy (non-hydrogen) atoms. The van der Waals surface area contributed by atoms with Crippen molar-refractivity contribution < 1.29 is 9.50 Å². The molecule has 3 rings (SSSR count). The summed E-state index contributed by atoms with van der Waals surface area (Å²) < 4.78 is 15.3. The molecule has 2 aromatic heterocycles. The zero-order valence-corrected chi connectivity index (χ0v) is 11.4. The Morgan fingerprint density at radius 3 is 2.62 bits per heavy atom. The zero-order chi connectivity index (χ0) is 14.8. The van der Waals surface area contributed by atoms with Gasteiger partial charge < -0.3 is 5.11 Å². The van der Waals surface area contributed by atoms with E-state index in [0.29, 0.717) is 22.6 Å². The fourth-order valence-corrected chi connectivity index (χ4v) is 2.11. The van der Waals surface area contributed by atoms with E-state index in [4.69, 9.17) is 0 Å². The van der Waals surface area contributed by atoms with E-state index in [0.717, 1.165) is 5.56 Å². The maximum absolute atomic E-state index is 13.8. The van der Waals surface area contributed by atoms with Gasteiger partial charge in [-0.1, -0.05) is 11.3 Å². The van der Waals surface area contributed by atoms with Gasteiger partial charge in [-0.2, -0.15) is 0 Å². The van der Waals surface area contributed by atoms with Crippen molar-refractivity contribution in [2.45, 2.75) is 13.5 Å². The molecule has 1 N–H and O–H groups in total. The Bertz CT molecular complexity index is 771. The predicted molar refractivity (Wildman–Crippen MR) is 75.2 cm³/mol. The van der Waals surface area contributed by atoms with E-state index in [9.17, 15) is 9.50 Å². The van der Waals surface area contributed by atoms with Gasteiger partial charge in [-0.25, -0.2) is 9.07 Å². The van der Waals surface area contributed by atoms with Crippen LogP contribution in [0.5, 0.6) is 0 Å². The van der Waals surface area contributed by atoms with E-state index in [1.165, 1.54) is 10.7 Å². The van der Waals surface area contributed by atoms with Crippen LogP contribution in [0, 0.1) is 12.7 Å². The van der Waals surface area contributed by atoms with Gasteiger partial charge in [0.15, 0.2) is 0 Å². The summed E-state index contributed by atoms with van der Waals surface area (Å²) in [5, 5.41) is 17.4. The maximum atomic E-state index is 13.8. The van der Waals surface area contributed by atoms with E-state index >= 15 is 0 Å². The Kier molecular flexibility index (Phi) is 3.45. The van der Waals surface area contributed by atoms with Gasteiger partial charge in [0, 0.05) is 18.0 Å². The summed E-state index contributed by atoms with van der Waals surface area (Å²) >= 11 is 0. The van der Waals surface area contributed by atoms with Crippen LogP contribution in [0.2, 0.25) is 0 Å². The van der Waals surface area contributed by atoms with Gasteiger partial charge in [-0.05, 0) is 36.8 Å². The lowest BCUT2D eigenvalue weighted by molar-refractivity contribution is 0.277. The second kappa shape index (κ2) is 5.41. The summed E-state index contributed by atoms with van der Waals surface area (Å²) in [6, 6.07) is 8.42. The van der Waals surface area contributed by atoms with Gasteiger partial charge in [-0.3, -0.25) is 4.98 Å². The van der Waals surface area contributed by atoms with Crippen molar-refractivity contribution in [2.24, 2.45) is 0 Å². The molecule has 5 nitrogen and oxygen atoms in total. The number of benzene rings is 1. The Balaban J connectivity index is 2.20. The minimum atomic E-state index is -0.311. The third-order valence-electron chi connectivity index (χ3n) is 3.24. The number of aliphatic hydroxyl groups excluding tert-OH is 1. The molecule has 0 aliphatic heterocycles. The van der Waals surface area contributed by atoms with Crippen LogP contribution in [0.15, 0.2) is 42.7 Å². The highest BCUT2D eigenvalue weighted by atomic mass is 19.1. The van der Waals surface area contributed by atoms with Gasteiger partial charge in [0.2, 0.25) is 0 Å². The Morgan fingerprint density at radius 1 is 1.19 bits per heavy atom. The Labute approximate surface area is 120 Å². The highest BCUT2D eigenvalue weighted by molar-refractivity contribution is 5.63. The smallest absolute Gasteiger partial charge is 0.128 e. The molecule has 0 saturated carbocycles. The van der Waals surface area contributed by atoms with Crippen LogP contribution in [0.3, 0.4) is 0 Å². The van der Waals surface area contributed by atoms with Gasteiger partial charge in [-0.15, -0.1) is 5.10 Å². The third kappa shape index (κ3) is 2.41. The molecular weight excluding hydrogens is 271 g/mol. The Hall–Kier alpha value is -2.60. The number of aryl methyl sites for hydroxylation is 1. The number of rotatable bonds is 3. The monoisotopic (exact) mass is 284 g/mol. The number of aromatic nitrogens is 4. The highest BCUT2D eigenvalue weighted by Gasteiger charge is 2.16. The number of halogens is 1.